The number of hydrogen-bond donors (Lipinski definition) is 0. The lowest BCUT2D eigenvalue weighted by Crippen LogP contribution is -2.02. The lowest BCUT2D eigenvalue weighted by atomic mass is 10.5. The zero-order chi connectivity index (χ0) is 7.28. The summed E-state index contributed by atoms with van der Waals surface area (Å²) in [5.41, 5.74) is 0. The van der Waals surface area contributed by atoms with E-state index in [-0.39, 0.29) is 12.6 Å². The Morgan fingerprint density at radius 3 is 2.67 bits per heavy atom. The van der Waals surface area contributed by atoms with Gasteiger partial charge in [-0.3, -0.25) is 4.79 Å². The minimum Gasteiger partial charge on any atom is -0.460 e. The number of esters is 1. The molecule has 0 spiro atoms. The van der Waals surface area contributed by atoms with E-state index in [0.717, 1.165) is 0 Å². The van der Waals surface area contributed by atoms with Gasteiger partial charge < -0.3 is 4.74 Å². The molecule has 0 saturated heterocycles. The van der Waals surface area contributed by atoms with Crippen LogP contribution < -0.4 is 0 Å². The molecule has 0 atom stereocenters. The molecule has 0 aromatic rings. The maximum Gasteiger partial charge on any atom is 0.305 e. The van der Waals surface area contributed by atoms with Gasteiger partial charge in [0.25, 0.3) is 0 Å². The van der Waals surface area contributed by atoms with E-state index in [0.29, 0.717) is 11.5 Å². The third-order valence-electron chi connectivity index (χ3n) is 0.678. The summed E-state index contributed by atoms with van der Waals surface area (Å²) in [5.74, 6) is -0.253. The van der Waals surface area contributed by atoms with Crippen molar-refractivity contribution in [2.45, 2.75) is 13.3 Å². The molecule has 3 heteroatoms. The van der Waals surface area contributed by atoms with Crippen molar-refractivity contribution in [1.29, 1.82) is 0 Å². The maximum absolute atomic E-state index is 10.4. The van der Waals surface area contributed by atoms with Gasteiger partial charge in [-0.25, -0.2) is 0 Å². The smallest absolute Gasteiger partial charge is 0.305 e. The Balaban J connectivity index is 3.28. The van der Waals surface area contributed by atoms with Crippen LogP contribution in [0.15, 0.2) is 11.6 Å². The molecular formula is C6H9ClO2. The van der Waals surface area contributed by atoms with Crippen LogP contribution in [0.2, 0.25) is 0 Å². The first kappa shape index (κ1) is 8.50. The van der Waals surface area contributed by atoms with Gasteiger partial charge in [0, 0.05) is 11.5 Å². The summed E-state index contributed by atoms with van der Waals surface area (Å²) >= 11 is 5.31. The quantitative estimate of drug-likeness (QED) is 0.570. The molecule has 0 aliphatic heterocycles. The molecule has 0 aromatic carbocycles. The van der Waals surface area contributed by atoms with Crippen molar-refractivity contribution in [3.05, 3.63) is 11.6 Å². The number of ether oxygens (including phenoxy) is 1. The fourth-order valence-corrected chi connectivity index (χ4v) is 0.315. The Morgan fingerprint density at radius 1 is 1.78 bits per heavy atom. The third kappa shape index (κ3) is 5.37. The third-order valence-corrected chi connectivity index (χ3v) is 0.788. The van der Waals surface area contributed by atoms with Crippen LogP contribution in [0, 0.1) is 0 Å². The van der Waals surface area contributed by atoms with Gasteiger partial charge >= 0.3 is 5.97 Å². The first-order valence-electron chi connectivity index (χ1n) is 2.65. The SMILES string of the molecule is C=C(Cl)COC(=O)CC. The van der Waals surface area contributed by atoms with Crippen molar-refractivity contribution in [2.75, 3.05) is 6.61 Å². The zero-order valence-electron chi connectivity index (χ0n) is 5.32. The average molecular weight is 149 g/mol. The molecule has 9 heavy (non-hydrogen) atoms. The van der Waals surface area contributed by atoms with Gasteiger partial charge in [0.05, 0.1) is 0 Å². The summed E-state index contributed by atoms with van der Waals surface area (Å²) in [6.45, 7) is 5.19. The molecule has 0 rings (SSSR count). The van der Waals surface area contributed by atoms with Crippen molar-refractivity contribution in [2.24, 2.45) is 0 Å². The second-order valence-electron chi connectivity index (χ2n) is 1.53. The Kier molecular flexibility index (Phi) is 4.14. The van der Waals surface area contributed by atoms with Gasteiger partial charge in [0.1, 0.15) is 6.61 Å². The zero-order valence-corrected chi connectivity index (χ0v) is 6.07. The first-order chi connectivity index (χ1) is 4.16. The molecule has 0 aliphatic rings. The molecule has 0 aromatic heterocycles. The van der Waals surface area contributed by atoms with E-state index in [1.165, 1.54) is 0 Å². The highest BCUT2D eigenvalue weighted by molar-refractivity contribution is 6.29. The van der Waals surface area contributed by atoms with Crippen LogP contribution in [0.25, 0.3) is 0 Å². The van der Waals surface area contributed by atoms with Crippen LogP contribution in [0.1, 0.15) is 13.3 Å². The minimum atomic E-state index is -0.253. The fraction of sp³-hybridized carbons (Fsp3) is 0.500. The van der Waals surface area contributed by atoms with E-state index >= 15 is 0 Å². The summed E-state index contributed by atoms with van der Waals surface area (Å²) in [7, 11) is 0. The number of hydrogen-bond acceptors (Lipinski definition) is 2. The summed E-state index contributed by atoms with van der Waals surface area (Å²) < 4.78 is 4.58. The van der Waals surface area contributed by atoms with Crippen LogP contribution >= 0.6 is 11.6 Å². The molecule has 0 bridgehead atoms. The Labute approximate surface area is 59.5 Å². The molecule has 0 heterocycles. The van der Waals surface area contributed by atoms with Crippen molar-refractivity contribution in [3.8, 4) is 0 Å². The molecule has 0 amide bonds. The largest absolute Gasteiger partial charge is 0.460 e. The lowest BCUT2D eigenvalue weighted by Gasteiger charge is -1.98. The van der Waals surface area contributed by atoms with E-state index in [4.69, 9.17) is 11.6 Å². The van der Waals surface area contributed by atoms with Gasteiger partial charge in [-0.2, -0.15) is 0 Å². The van der Waals surface area contributed by atoms with Gasteiger partial charge in [0.2, 0.25) is 0 Å². The summed E-state index contributed by atoms with van der Waals surface area (Å²) in [4.78, 5) is 10.4. The molecule has 2 nitrogen and oxygen atoms in total. The predicted molar refractivity (Wildman–Crippen MR) is 36.2 cm³/mol. The molecule has 0 unspecified atom stereocenters. The van der Waals surface area contributed by atoms with Crippen molar-refractivity contribution < 1.29 is 9.53 Å². The molecular weight excluding hydrogens is 140 g/mol. The Bertz CT molecular complexity index is 120. The monoisotopic (exact) mass is 148 g/mol. The van der Waals surface area contributed by atoms with Gasteiger partial charge in [-0.15, -0.1) is 0 Å². The van der Waals surface area contributed by atoms with E-state index in [1.807, 2.05) is 0 Å². The topological polar surface area (TPSA) is 26.3 Å². The molecule has 0 aliphatic carbocycles. The molecule has 52 valence electrons. The van der Waals surface area contributed by atoms with Crippen LogP contribution in [-0.4, -0.2) is 12.6 Å². The van der Waals surface area contributed by atoms with Crippen LogP contribution in [0.3, 0.4) is 0 Å². The molecule has 0 fully saturated rings. The fourth-order valence-electron chi connectivity index (χ4n) is 0.261. The Hall–Kier alpha value is -0.500. The number of carbonyl (C=O) groups is 1. The molecule has 0 N–H and O–H groups in total. The van der Waals surface area contributed by atoms with Gasteiger partial charge in [0.15, 0.2) is 0 Å². The van der Waals surface area contributed by atoms with E-state index in [1.54, 1.807) is 6.92 Å². The number of halogens is 1. The second kappa shape index (κ2) is 4.39. The highest BCUT2D eigenvalue weighted by Gasteiger charge is 1.96. The van der Waals surface area contributed by atoms with Gasteiger partial charge in [-0.1, -0.05) is 25.1 Å². The van der Waals surface area contributed by atoms with E-state index < -0.39 is 0 Å². The molecule has 0 radical (unpaired) electrons. The number of rotatable bonds is 3. The highest BCUT2D eigenvalue weighted by Crippen LogP contribution is 1.97. The summed E-state index contributed by atoms with van der Waals surface area (Å²) in [6, 6.07) is 0. The maximum atomic E-state index is 10.4. The summed E-state index contributed by atoms with van der Waals surface area (Å²) in [5, 5.41) is 0.344. The minimum absolute atomic E-state index is 0.119. The van der Waals surface area contributed by atoms with Crippen molar-refractivity contribution in [3.63, 3.8) is 0 Å². The number of carbonyl (C=O) groups excluding carboxylic acids is 1. The van der Waals surface area contributed by atoms with Crippen LogP contribution in [-0.2, 0) is 9.53 Å². The van der Waals surface area contributed by atoms with E-state index in [2.05, 4.69) is 11.3 Å². The lowest BCUT2D eigenvalue weighted by molar-refractivity contribution is -0.142. The standard InChI is InChI=1S/C6H9ClO2/c1-3-6(8)9-4-5(2)7/h2-4H2,1H3. The first-order valence-corrected chi connectivity index (χ1v) is 3.03. The van der Waals surface area contributed by atoms with Crippen LogP contribution in [0.4, 0.5) is 0 Å². The van der Waals surface area contributed by atoms with Crippen molar-refractivity contribution in [1.82, 2.24) is 0 Å². The summed E-state index contributed by atoms with van der Waals surface area (Å²) in [6.07, 6.45) is 0.379. The predicted octanol–water partition coefficient (Wildman–Crippen LogP) is 1.69. The van der Waals surface area contributed by atoms with E-state index in [9.17, 15) is 4.79 Å². The average Bonchev–Trinajstić information content (AvgIpc) is 1.83. The second-order valence-corrected chi connectivity index (χ2v) is 2.07. The normalized spacial score (nSPS) is 8.67. The van der Waals surface area contributed by atoms with Crippen molar-refractivity contribution >= 4 is 17.6 Å². The highest BCUT2D eigenvalue weighted by atomic mass is 35.5. The van der Waals surface area contributed by atoms with Gasteiger partial charge in [-0.05, 0) is 0 Å². The van der Waals surface area contributed by atoms with Crippen LogP contribution in [0.5, 0.6) is 0 Å². The Morgan fingerprint density at radius 2 is 2.33 bits per heavy atom. The molecule has 0 saturated carbocycles.